The highest BCUT2D eigenvalue weighted by Crippen LogP contribution is 1.78. The molecule has 7 heavy (non-hydrogen) atoms. The van der Waals surface area contributed by atoms with Gasteiger partial charge in [-0.3, -0.25) is 4.55 Å². The SMILES string of the molecule is CC=COS(=O)O. The van der Waals surface area contributed by atoms with Crippen molar-refractivity contribution in [3.63, 3.8) is 0 Å². The predicted molar refractivity (Wildman–Crippen MR) is 26.7 cm³/mol. The van der Waals surface area contributed by atoms with Crippen LogP contribution in [0, 0.1) is 0 Å². The van der Waals surface area contributed by atoms with Crippen molar-refractivity contribution < 1.29 is 12.9 Å². The summed E-state index contributed by atoms with van der Waals surface area (Å²) in [7, 11) is 0. The van der Waals surface area contributed by atoms with Gasteiger partial charge in [0.1, 0.15) is 6.26 Å². The molecule has 3 nitrogen and oxygen atoms in total. The van der Waals surface area contributed by atoms with Gasteiger partial charge in [0.2, 0.25) is 0 Å². The van der Waals surface area contributed by atoms with Crippen LogP contribution in [-0.4, -0.2) is 8.76 Å². The minimum absolute atomic E-state index is 1.15. The Hall–Kier alpha value is -0.350. The van der Waals surface area contributed by atoms with E-state index in [1.165, 1.54) is 6.08 Å². The third kappa shape index (κ3) is 5.65. The molecule has 0 aromatic rings. The first kappa shape index (κ1) is 6.65. The molecule has 1 atom stereocenters. The van der Waals surface area contributed by atoms with E-state index in [1.54, 1.807) is 6.92 Å². The molecule has 0 fully saturated rings. The first-order chi connectivity index (χ1) is 3.27. The molecule has 4 heteroatoms. The molecule has 0 rings (SSSR count). The van der Waals surface area contributed by atoms with Crippen molar-refractivity contribution in [3.05, 3.63) is 12.3 Å². The summed E-state index contributed by atoms with van der Waals surface area (Å²) in [6.45, 7) is 1.69. The van der Waals surface area contributed by atoms with Gasteiger partial charge in [0.25, 0.3) is 0 Å². The van der Waals surface area contributed by atoms with Gasteiger partial charge in [-0.1, -0.05) is 6.08 Å². The first-order valence-electron chi connectivity index (χ1n) is 1.66. The van der Waals surface area contributed by atoms with E-state index in [-0.39, 0.29) is 0 Å². The third-order valence-corrected chi connectivity index (χ3v) is 0.550. The van der Waals surface area contributed by atoms with Gasteiger partial charge in [-0.15, -0.1) is 0 Å². The molecule has 0 bridgehead atoms. The summed E-state index contributed by atoms with van der Waals surface area (Å²) in [5.74, 6) is 0. The summed E-state index contributed by atoms with van der Waals surface area (Å²) in [5, 5.41) is 0. The van der Waals surface area contributed by atoms with Crippen LogP contribution in [0.5, 0.6) is 0 Å². The van der Waals surface area contributed by atoms with Crippen LogP contribution in [0.1, 0.15) is 6.92 Å². The lowest BCUT2D eigenvalue weighted by molar-refractivity contribution is 0.419. The Labute approximate surface area is 44.5 Å². The van der Waals surface area contributed by atoms with Crippen LogP contribution in [-0.2, 0) is 15.5 Å². The van der Waals surface area contributed by atoms with Crippen molar-refractivity contribution in [1.29, 1.82) is 0 Å². The second-order valence-corrected chi connectivity index (χ2v) is 1.41. The Bertz CT molecular complexity index is 88.2. The van der Waals surface area contributed by atoms with Gasteiger partial charge in [0.05, 0.1) is 0 Å². The number of hydrogen-bond acceptors (Lipinski definition) is 2. The average Bonchev–Trinajstić information content (AvgIpc) is 1.61. The standard InChI is InChI=1S/C3H6O3S/c1-2-3-6-7(4)5/h2-3H,1H3,(H,4,5). The van der Waals surface area contributed by atoms with Crippen LogP contribution in [0.2, 0.25) is 0 Å². The van der Waals surface area contributed by atoms with E-state index in [0.29, 0.717) is 0 Å². The zero-order valence-corrected chi connectivity index (χ0v) is 4.64. The van der Waals surface area contributed by atoms with Gasteiger partial charge in [0, 0.05) is 0 Å². The normalized spacial score (nSPS) is 14.6. The molecule has 0 aliphatic carbocycles. The zero-order valence-electron chi connectivity index (χ0n) is 3.83. The lowest BCUT2D eigenvalue weighted by Crippen LogP contribution is -1.84. The molecule has 0 aromatic carbocycles. The largest absolute Gasteiger partial charge is 0.388 e. The zero-order chi connectivity index (χ0) is 5.70. The molecule has 0 aliphatic rings. The van der Waals surface area contributed by atoms with E-state index in [2.05, 4.69) is 4.18 Å². The first-order valence-corrected chi connectivity index (χ1v) is 2.69. The Morgan fingerprint density at radius 3 is 2.57 bits per heavy atom. The summed E-state index contributed by atoms with van der Waals surface area (Å²) < 4.78 is 21.5. The van der Waals surface area contributed by atoms with Crippen LogP contribution in [0.25, 0.3) is 0 Å². The quantitative estimate of drug-likeness (QED) is 0.432. The van der Waals surface area contributed by atoms with Crippen molar-refractivity contribution in [3.8, 4) is 0 Å². The molecule has 0 aliphatic heterocycles. The molecular weight excluding hydrogens is 116 g/mol. The minimum Gasteiger partial charge on any atom is -0.388 e. The molecule has 1 unspecified atom stereocenters. The summed E-state index contributed by atoms with van der Waals surface area (Å²) >= 11 is -2.15. The highest BCUT2D eigenvalue weighted by molar-refractivity contribution is 7.74. The van der Waals surface area contributed by atoms with Gasteiger partial charge in [-0.05, 0) is 6.92 Å². The molecule has 0 saturated carbocycles. The van der Waals surface area contributed by atoms with Gasteiger partial charge in [-0.25, -0.2) is 0 Å². The van der Waals surface area contributed by atoms with Gasteiger partial charge in [-0.2, -0.15) is 4.21 Å². The van der Waals surface area contributed by atoms with E-state index in [9.17, 15) is 4.21 Å². The molecule has 0 aromatic heterocycles. The summed E-state index contributed by atoms with van der Waals surface area (Å²) in [6, 6.07) is 0. The maximum Gasteiger partial charge on any atom is 0.356 e. The topological polar surface area (TPSA) is 46.5 Å². The van der Waals surface area contributed by atoms with Crippen molar-refractivity contribution in [2.45, 2.75) is 6.92 Å². The Morgan fingerprint density at radius 2 is 2.43 bits per heavy atom. The van der Waals surface area contributed by atoms with Crippen LogP contribution < -0.4 is 0 Å². The van der Waals surface area contributed by atoms with Gasteiger partial charge >= 0.3 is 11.4 Å². The highest BCUT2D eigenvalue weighted by atomic mass is 32.2. The number of allylic oxidation sites excluding steroid dienone is 1. The monoisotopic (exact) mass is 122 g/mol. The molecule has 0 amide bonds. The van der Waals surface area contributed by atoms with E-state index in [0.717, 1.165) is 6.26 Å². The molecule has 1 N–H and O–H groups in total. The van der Waals surface area contributed by atoms with Gasteiger partial charge < -0.3 is 4.18 Å². The predicted octanol–water partition coefficient (Wildman–Crippen LogP) is 0.673. The molecule has 0 saturated heterocycles. The average molecular weight is 122 g/mol. The number of rotatable bonds is 2. The Balaban J connectivity index is 3.14. The second kappa shape index (κ2) is 3.83. The fourth-order valence-corrected chi connectivity index (χ4v) is 0.309. The maximum atomic E-state index is 9.60. The smallest absolute Gasteiger partial charge is 0.356 e. The maximum absolute atomic E-state index is 9.60. The summed E-state index contributed by atoms with van der Waals surface area (Å²) in [4.78, 5) is 0. The Morgan fingerprint density at radius 1 is 1.86 bits per heavy atom. The number of hydrogen-bond donors (Lipinski definition) is 1. The van der Waals surface area contributed by atoms with E-state index >= 15 is 0 Å². The molecule has 0 radical (unpaired) electrons. The molecule has 0 heterocycles. The van der Waals surface area contributed by atoms with E-state index in [1.807, 2.05) is 0 Å². The highest BCUT2D eigenvalue weighted by Gasteiger charge is 1.80. The van der Waals surface area contributed by atoms with Gasteiger partial charge in [0.15, 0.2) is 0 Å². The fourth-order valence-electron chi connectivity index (χ4n) is 0.103. The Kier molecular flexibility index (Phi) is 3.64. The second-order valence-electron chi connectivity index (χ2n) is 0.783. The van der Waals surface area contributed by atoms with Crippen molar-refractivity contribution in [2.24, 2.45) is 0 Å². The molecule has 0 spiro atoms. The summed E-state index contributed by atoms with van der Waals surface area (Å²) in [6.07, 6.45) is 2.67. The minimum atomic E-state index is -2.15. The van der Waals surface area contributed by atoms with Crippen LogP contribution >= 0.6 is 0 Å². The molecular formula is C3H6O3S. The van der Waals surface area contributed by atoms with Crippen molar-refractivity contribution >= 4 is 11.4 Å². The van der Waals surface area contributed by atoms with Crippen molar-refractivity contribution in [2.75, 3.05) is 0 Å². The third-order valence-electron chi connectivity index (χ3n) is 0.274. The van der Waals surface area contributed by atoms with E-state index in [4.69, 9.17) is 4.55 Å². The fraction of sp³-hybridized carbons (Fsp3) is 0.333. The molecule has 42 valence electrons. The van der Waals surface area contributed by atoms with E-state index < -0.39 is 11.4 Å². The summed E-state index contributed by atoms with van der Waals surface area (Å²) in [5.41, 5.74) is 0. The van der Waals surface area contributed by atoms with Crippen molar-refractivity contribution in [1.82, 2.24) is 0 Å². The lowest BCUT2D eigenvalue weighted by atomic mass is 10.8. The van der Waals surface area contributed by atoms with Crippen LogP contribution in [0.3, 0.4) is 0 Å². The van der Waals surface area contributed by atoms with Crippen LogP contribution in [0.15, 0.2) is 12.3 Å². The van der Waals surface area contributed by atoms with Crippen LogP contribution in [0.4, 0.5) is 0 Å². The lowest BCUT2D eigenvalue weighted by Gasteiger charge is -1.84.